The van der Waals surface area contributed by atoms with E-state index in [-0.39, 0.29) is 18.6 Å². The fourth-order valence-electron chi connectivity index (χ4n) is 3.89. The molecule has 0 amide bonds. The largest absolute Gasteiger partial charge is 0.389 e. The van der Waals surface area contributed by atoms with Crippen LogP contribution in [0.2, 0.25) is 0 Å². The summed E-state index contributed by atoms with van der Waals surface area (Å²) in [7, 11) is 0. The normalized spacial score (nSPS) is 26.3. The van der Waals surface area contributed by atoms with Gasteiger partial charge in [-0.3, -0.25) is 4.90 Å². The van der Waals surface area contributed by atoms with E-state index in [0.717, 1.165) is 39.0 Å². The van der Waals surface area contributed by atoms with Crippen molar-refractivity contribution in [3.8, 4) is 0 Å². The van der Waals surface area contributed by atoms with Gasteiger partial charge in [-0.15, -0.1) is 0 Å². The molecule has 0 N–H and O–H groups in total. The Balaban J connectivity index is 1.55. The van der Waals surface area contributed by atoms with Crippen LogP contribution in [0.4, 0.5) is 19.1 Å². The van der Waals surface area contributed by atoms with Crippen molar-refractivity contribution < 1.29 is 17.9 Å². The van der Waals surface area contributed by atoms with Crippen LogP contribution >= 0.6 is 0 Å². The third kappa shape index (κ3) is 5.30. The zero-order chi connectivity index (χ0) is 18.7. The van der Waals surface area contributed by atoms with Gasteiger partial charge in [0.15, 0.2) is 0 Å². The number of aryl methyl sites for hydroxylation is 1. The highest BCUT2D eigenvalue weighted by molar-refractivity contribution is 5.31. The monoisotopic (exact) mass is 372 g/mol. The minimum Gasteiger partial charge on any atom is -0.373 e. The van der Waals surface area contributed by atoms with Crippen LogP contribution < -0.4 is 4.90 Å². The van der Waals surface area contributed by atoms with E-state index in [2.05, 4.69) is 33.6 Å². The van der Waals surface area contributed by atoms with Crippen LogP contribution in [-0.4, -0.2) is 65.5 Å². The minimum atomic E-state index is -4.16. The molecule has 146 valence electrons. The van der Waals surface area contributed by atoms with Crippen molar-refractivity contribution in [2.24, 2.45) is 0 Å². The molecule has 26 heavy (non-hydrogen) atoms. The van der Waals surface area contributed by atoms with E-state index < -0.39 is 12.6 Å². The first kappa shape index (κ1) is 19.4. The average Bonchev–Trinajstić information content (AvgIpc) is 2.59. The molecule has 0 bridgehead atoms. The lowest BCUT2D eigenvalue weighted by Gasteiger charge is -2.43. The number of nitrogens with zero attached hydrogens (tertiary/aromatic N) is 4. The summed E-state index contributed by atoms with van der Waals surface area (Å²) in [5, 5.41) is 0. The van der Waals surface area contributed by atoms with Gasteiger partial charge in [-0.2, -0.15) is 13.2 Å². The van der Waals surface area contributed by atoms with Gasteiger partial charge in [0.1, 0.15) is 0 Å². The van der Waals surface area contributed by atoms with E-state index in [1.54, 1.807) is 12.3 Å². The van der Waals surface area contributed by atoms with Crippen LogP contribution in [0, 0.1) is 0 Å². The van der Waals surface area contributed by atoms with Gasteiger partial charge in [-0.1, -0.05) is 0 Å². The molecule has 3 rings (SSSR count). The summed E-state index contributed by atoms with van der Waals surface area (Å²) in [6.07, 6.45) is -1.01. The number of hydrogen-bond donors (Lipinski definition) is 0. The maximum absolute atomic E-state index is 12.4. The molecule has 2 aliphatic rings. The Kier molecular flexibility index (Phi) is 6.02. The van der Waals surface area contributed by atoms with Crippen molar-refractivity contribution in [1.82, 2.24) is 14.9 Å². The third-order valence-electron chi connectivity index (χ3n) is 5.08. The lowest BCUT2D eigenvalue weighted by molar-refractivity contribution is -0.134. The van der Waals surface area contributed by atoms with Gasteiger partial charge < -0.3 is 9.64 Å². The summed E-state index contributed by atoms with van der Waals surface area (Å²) in [5.41, 5.74) is 0.449. The van der Waals surface area contributed by atoms with Crippen LogP contribution in [0.25, 0.3) is 0 Å². The van der Waals surface area contributed by atoms with E-state index in [1.807, 2.05) is 0 Å². The number of aromatic nitrogens is 2. The molecule has 2 saturated heterocycles. The maximum Gasteiger partial charge on any atom is 0.389 e. The number of ether oxygens (including phenoxy) is 1. The summed E-state index contributed by atoms with van der Waals surface area (Å²) >= 11 is 0. The van der Waals surface area contributed by atoms with E-state index in [0.29, 0.717) is 17.7 Å². The van der Waals surface area contributed by atoms with Gasteiger partial charge in [0.25, 0.3) is 0 Å². The molecule has 1 aromatic rings. The summed E-state index contributed by atoms with van der Waals surface area (Å²) in [6.45, 7) is 7.79. The molecule has 0 spiro atoms. The summed E-state index contributed by atoms with van der Waals surface area (Å²) in [6, 6.07) is 2.09. The molecule has 0 aliphatic carbocycles. The van der Waals surface area contributed by atoms with Gasteiger partial charge in [-0.25, -0.2) is 9.97 Å². The van der Waals surface area contributed by atoms with Crippen molar-refractivity contribution in [2.75, 3.05) is 31.1 Å². The first-order chi connectivity index (χ1) is 12.3. The van der Waals surface area contributed by atoms with Crippen LogP contribution in [0.15, 0.2) is 12.3 Å². The molecule has 0 unspecified atom stereocenters. The van der Waals surface area contributed by atoms with Crippen molar-refractivity contribution >= 4 is 5.95 Å². The SMILES string of the molecule is C[C@@H]1CN(C2CCN(c3nccc(CCC(F)(F)F)n3)CC2)C[C@H](C)O1. The molecular formula is C18H27F3N4O. The smallest absolute Gasteiger partial charge is 0.373 e. The molecule has 0 radical (unpaired) electrons. The van der Waals surface area contributed by atoms with Gasteiger partial charge in [-0.05, 0) is 39.2 Å². The molecule has 3 heterocycles. The Labute approximate surface area is 152 Å². The Bertz CT molecular complexity index is 580. The topological polar surface area (TPSA) is 41.5 Å². The lowest BCUT2D eigenvalue weighted by Crippen LogP contribution is -2.53. The minimum absolute atomic E-state index is 0.0982. The van der Waals surface area contributed by atoms with Crippen molar-refractivity contribution in [3.63, 3.8) is 0 Å². The Morgan fingerprint density at radius 2 is 1.81 bits per heavy atom. The highest BCUT2D eigenvalue weighted by Gasteiger charge is 2.31. The first-order valence-electron chi connectivity index (χ1n) is 9.33. The predicted octanol–water partition coefficient (Wildman–Crippen LogP) is 3.05. The molecule has 8 heteroatoms. The number of alkyl halides is 3. The Morgan fingerprint density at radius 3 is 2.42 bits per heavy atom. The van der Waals surface area contributed by atoms with Gasteiger partial charge in [0.05, 0.1) is 12.2 Å². The molecular weight excluding hydrogens is 345 g/mol. The van der Waals surface area contributed by atoms with Gasteiger partial charge in [0, 0.05) is 50.5 Å². The highest BCUT2D eigenvalue weighted by Crippen LogP contribution is 2.25. The van der Waals surface area contributed by atoms with E-state index in [4.69, 9.17) is 4.74 Å². The molecule has 1 aromatic heterocycles. The maximum atomic E-state index is 12.4. The molecule has 0 saturated carbocycles. The first-order valence-corrected chi connectivity index (χ1v) is 9.33. The number of morpholine rings is 1. The van der Waals surface area contributed by atoms with Crippen LogP contribution in [0.1, 0.15) is 38.8 Å². The Hall–Kier alpha value is -1.41. The molecule has 2 fully saturated rings. The number of piperidine rings is 1. The number of anilines is 1. The average molecular weight is 372 g/mol. The fraction of sp³-hybridized carbons (Fsp3) is 0.778. The zero-order valence-corrected chi connectivity index (χ0v) is 15.4. The number of rotatable bonds is 4. The van der Waals surface area contributed by atoms with Gasteiger partial charge >= 0.3 is 6.18 Å². The van der Waals surface area contributed by atoms with Crippen LogP contribution in [0.5, 0.6) is 0 Å². The Morgan fingerprint density at radius 1 is 1.15 bits per heavy atom. The molecule has 0 aromatic carbocycles. The fourth-order valence-corrected chi connectivity index (χ4v) is 3.89. The number of hydrogen-bond acceptors (Lipinski definition) is 5. The van der Waals surface area contributed by atoms with Crippen LogP contribution in [-0.2, 0) is 11.2 Å². The van der Waals surface area contributed by atoms with Crippen LogP contribution in [0.3, 0.4) is 0 Å². The zero-order valence-electron chi connectivity index (χ0n) is 15.4. The highest BCUT2D eigenvalue weighted by atomic mass is 19.4. The summed E-state index contributed by atoms with van der Waals surface area (Å²) < 4.78 is 43.0. The van der Waals surface area contributed by atoms with Crippen molar-refractivity contribution in [2.45, 2.75) is 64.0 Å². The van der Waals surface area contributed by atoms with Gasteiger partial charge in [0.2, 0.25) is 5.95 Å². The molecule has 2 aliphatic heterocycles. The lowest BCUT2D eigenvalue weighted by atomic mass is 10.0. The quantitative estimate of drug-likeness (QED) is 0.813. The van der Waals surface area contributed by atoms with Crippen molar-refractivity contribution in [1.29, 1.82) is 0 Å². The third-order valence-corrected chi connectivity index (χ3v) is 5.08. The summed E-state index contributed by atoms with van der Waals surface area (Å²) in [5.74, 6) is 0.548. The predicted molar refractivity (Wildman–Crippen MR) is 93.2 cm³/mol. The summed E-state index contributed by atoms with van der Waals surface area (Å²) in [4.78, 5) is 13.2. The van der Waals surface area contributed by atoms with E-state index in [9.17, 15) is 13.2 Å². The standard InChI is InChI=1S/C18H27F3N4O/c1-13-11-25(12-14(2)26-13)16-5-9-24(10-6-16)17-22-8-4-15(23-17)3-7-18(19,20)21/h4,8,13-14,16H,3,5-7,9-12H2,1-2H3/t13-,14+. The second kappa shape index (κ2) is 8.08. The second-order valence-electron chi connectivity index (χ2n) is 7.39. The molecule has 2 atom stereocenters. The molecule has 5 nitrogen and oxygen atoms in total. The number of halogens is 3. The van der Waals surface area contributed by atoms with E-state index in [1.165, 1.54) is 0 Å². The van der Waals surface area contributed by atoms with E-state index >= 15 is 0 Å². The van der Waals surface area contributed by atoms with Crippen molar-refractivity contribution in [3.05, 3.63) is 18.0 Å². The second-order valence-corrected chi connectivity index (χ2v) is 7.39.